The van der Waals surface area contributed by atoms with E-state index in [0.29, 0.717) is 26.9 Å². The molecule has 2 nitrogen and oxygen atoms in total. The van der Waals surface area contributed by atoms with Crippen LogP contribution in [-0.4, -0.2) is 12.9 Å². The van der Waals surface area contributed by atoms with Gasteiger partial charge < -0.3 is 4.74 Å². The van der Waals surface area contributed by atoms with Crippen molar-refractivity contribution in [2.45, 2.75) is 6.92 Å². The lowest BCUT2D eigenvalue weighted by Gasteiger charge is -2.10. The van der Waals surface area contributed by atoms with E-state index >= 15 is 0 Å². The molecule has 0 aromatic heterocycles. The van der Waals surface area contributed by atoms with E-state index in [0.717, 1.165) is 5.56 Å². The number of carbonyl (C=O) groups excluding carboxylic acids is 1. The molecule has 19 heavy (non-hydrogen) atoms. The lowest BCUT2D eigenvalue weighted by Crippen LogP contribution is -2.05. The smallest absolute Gasteiger partial charge is 0.198 e. The first-order valence-corrected chi connectivity index (χ1v) is 6.43. The number of ketones is 1. The fraction of sp³-hybridized carbons (Fsp3) is 0.133. The first-order chi connectivity index (χ1) is 9.04. The predicted molar refractivity (Wildman–Crippen MR) is 77.6 cm³/mol. The highest BCUT2D eigenvalue weighted by molar-refractivity contribution is 6.36. The van der Waals surface area contributed by atoms with Crippen LogP contribution >= 0.6 is 23.2 Å². The summed E-state index contributed by atoms with van der Waals surface area (Å²) in [5.41, 5.74) is 1.71. The summed E-state index contributed by atoms with van der Waals surface area (Å²) in [6, 6.07) is 10.3. The molecule has 0 saturated carbocycles. The number of ether oxygens (including phenoxy) is 1. The Morgan fingerprint density at radius 3 is 2.53 bits per heavy atom. The number of rotatable bonds is 3. The highest BCUT2D eigenvalue weighted by Gasteiger charge is 2.18. The number of methoxy groups -OCH3 is 1. The van der Waals surface area contributed by atoms with Crippen LogP contribution in [0.15, 0.2) is 36.4 Å². The Labute approximate surface area is 121 Å². The summed E-state index contributed by atoms with van der Waals surface area (Å²) in [4.78, 5) is 12.5. The fourth-order valence-electron chi connectivity index (χ4n) is 1.83. The van der Waals surface area contributed by atoms with Gasteiger partial charge in [-0.05, 0) is 36.8 Å². The van der Waals surface area contributed by atoms with Gasteiger partial charge in [0.2, 0.25) is 0 Å². The summed E-state index contributed by atoms with van der Waals surface area (Å²) in [6.45, 7) is 1.86. The van der Waals surface area contributed by atoms with E-state index in [-0.39, 0.29) is 5.78 Å². The zero-order valence-electron chi connectivity index (χ0n) is 10.5. The monoisotopic (exact) mass is 294 g/mol. The second kappa shape index (κ2) is 5.64. The normalized spacial score (nSPS) is 10.3. The number of benzene rings is 2. The molecule has 2 aromatic rings. The maximum Gasteiger partial charge on any atom is 0.198 e. The van der Waals surface area contributed by atoms with Crippen LogP contribution in [-0.2, 0) is 0 Å². The van der Waals surface area contributed by atoms with Crippen LogP contribution in [0, 0.1) is 6.92 Å². The van der Waals surface area contributed by atoms with Crippen molar-refractivity contribution in [1.29, 1.82) is 0 Å². The largest absolute Gasteiger partial charge is 0.496 e. The summed E-state index contributed by atoms with van der Waals surface area (Å²) >= 11 is 12.1. The molecule has 98 valence electrons. The molecule has 0 N–H and O–H groups in total. The molecule has 0 radical (unpaired) electrons. The van der Waals surface area contributed by atoms with E-state index < -0.39 is 0 Å². The van der Waals surface area contributed by atoms with Gasteiger partial charge in [-0.2, -0.15) is 0 Å². The van der Waals surface area contributed by atoms with Crippen LogP contribution in [0.1, 0.15) is 21.5 Å². The summed E-state index contributed by atoms with van der Waals surface area (Å²) in [5, 5.41) is 0.933. The third-order valence-electron chi connectivity index (χ3n) is 2.84. The molecule has 0 amide bonds. The summed E-state index contributed by atoms with van der Waals surface area (Å²) in [5.74, 6) is 0.278. The first kappa shape index (κ1) is 13.9. The van der Waals surface area contributed by atoms with Crippen LogP contribution in [0.25, 0.3) is 0 Å². The van der Waals surface area contributed by atoms with Gasteiger partial charge in [0, 0.05) is 10.6 Å². The maximum absolute atomic E-state index is 12.5. The Kier molecular flexibility index (Phi) is 4.13. The second-order valence-corrected chi connectivity index (χ2v) is 4.92. The lowest BCUT2D eigenvalue weighted by molar-refractivity contribution is 0.103. The quantitative estimate of drug-likeness (QED) is 0.777. The first-order valence-electron chi connectivity index (χ1n) is 5.68. The highest BCUT2D eigenvalue weighted by Crippen LogP contribution is 2.29. The molecule has 4 heteroatoms. The minimum atomic E-state index is -0.201. The maximum atomic E-state index is 12.5. The Balaban J connectivity index is 2.56. The van der Waals surface area contributed by atoms with Crippen molar-refractivity contribution < 1.29 is 9.53 Å². The van der Waals surface area contributed by atoms with E-state index in [4.69, 9.17) is 27.9 Å². The Bertz CT molecular complexity index is 636. The van der Waals surface area contributed by atoms with Crippen molar-refractivity contribution in [3.63, 3.8) is 0 Å². The highest BCUT2D eigenvalue weighted by atomic mass is 35.5. The molecule has 0 aliphatic rings. The van der Waals surface area contributed by atoms with Crippen LogP contribution in [0.2, 0.25) is 10.0 Å². The van der Waals surface area contributed by atoms with Crippen molar-refractivity contribution in [2.24, 2.45) is 0 Å². The van der Waals surface area contributed by atoms with Crippen LogP contribution < -0.4 is 4.74 Å². The summed E-state index contributed by atoms with van der Waals surface area (Å²) in [7, 11) is 1.51. The van der Waals surface area contributed by atoms with Gasteiger partial charge in [0.15, 0.2) is 5.78 Å². The van der Waals surface area contributed by atoms with E-state index in [2.05, 4.69) is 0 Å². The summed E-state index contributed by atoms with van der Waals surface area (Å²) in [6.07, 6.45) is 0. The topological polar surface area (TPSA) is 26.3 Å². The molecule has 0 atom stereocenters. The number of carbonyl (C=O) groups is 1. The van der Waals surface area contributed by atoms with Gasteiger partial charge in [-0.15, -0.1) is 0 Å². The van der Waals surface area contributed by atoms with Crippen LogP contribution in [0.3, 0.4) is 0 Å². The molecular weight excluding hydrogens is 283 g/mol. The number of hydrogen-bond acceptors (Lipinski definition) is 2. The summed E-state index contributed by atoms with van der Waals surface area (Å²) < 4.78 is 5.19. The zero-order valence-corrected chi connectivity index (χ0v) is 12.0. The minimum absolute atomic E-state index is 0.201. The Morgan fingerprint density at radius 2 is 1.84 bits per heavy atom. The molecule has 0 aliphatic carbocycles. The number of hydrogen-bond donors (Lipinski definition) is 0. The molecule has 0 saturated heterocycles. The average molecular weight is 295 g/mol. The molecule has 0 fully saturated rings. The van der Waals surface area contributed by atoms with Gasteiger partial charge in [0.1, 0.15) is 5.75 Å². The van der Waals surface area contributed by atoms with Crippen molar-refractivity contribution in [2.75, 3.05) is 7.11 Å². The molecule has 0 bridgehead atoms. The van der Waals surface area contributed by atoms with E-state index in [1.807, 2.05) is 13.0 Å². The predicted octanol–water partition coefficient (Wildman–Crippen LogP) is 4.54. The SMILES string of the molecule is COc1ccc(Cl)cc1C(=O)c1cccc(C)c1Cl. The molecule has 0 unspecified atom stereocenters. The standard InChI is InChI=1S/C15H12Cl2O2/c1-9-4-3-5-11(14(9)17)15(18)12-8-10(16)6-7-13(12)19-2/h3-8H,1-2H3. The number of halogens is 2. The second-order valence-electron chi connectivity index (χ2n) is 4.11. The molecule has 2 aromatic carbocycles. The molecule has 2 rings (SSSR count). The van der Waals surface area contributed by atoms with Crippen LogP contribution in [0.4, 0.5) is 0 Å². The molecular formula is C15H12Cl2O2. The van der Waals surface area contributed by atoms with Gasteiger partial charge in [-0.3, -0.25) is 4.79 Å². The van der Waals surface area contributed by atoms with E-state index in [9.17, 15) is 4.79 Å². The van der Waals surface area contributed by atoms with Crippen molar-refractivity contribution in [1.82, 2.24) is 0 Å². The van der Waals surface area contributed by atoms with Gasteiger partial charge in [0.25, 0.3) is 0 Å². The Morgan fingerprint density at radius 1 is 1.11 bits per heavy atom. The van der Waals surface area contributed by atoms with Gasteiger partial charge in [0.05, 0.1) is 17.7 Å². The third-order valence-corrected chi connectivity index (χ3v) is 3.58. The van der Waals surface area contributed by atoms with E-state index in [1.165, 1.54) is 7.11 Å². The minimum Gasteiger partial charge on any atom is -0.496 e. The van der Waals surface area contributed by atoms with Crippen LogP contribution in [0.5, 0.6) is 5.75 Å². The van der Waals surface area contributed by atoms with Gasteiger partial charge in [-0.1, -0.05) is 35.3 Å². The van der Waals surface area contributed by atoms with Gasteiger partial charge >= 0.3 is 0 Å². The molecule has 0 heterocycles. The molecule has 0 spiro atoms. The average Bonchev–Trinajstić information content (AvgIpc) is 2.41. The fourth-order valence-corrected chi connectivity index (χ4v) is 2.21. The number of aryl methyl sites for hydroxylation is 1. The van der Waals surface area contributed by atoms with Crippen molar-refractivity contribution >= 4 is 29.0 Å². The van der Waals surface area contributed by atoms with Gasteiger partial charge in [-0.25, -0.2) is 0 Å². The third kappa shape index (κ3) is 2.75. The van der Waals surface area contributed by atoms with Crippen molar-refractivity contribution in [3.8, 4) is 5.75 Å². The zero-order chi connectivity index (χ0) is 14.0. The lowest BCUT2D eigenvalue weighted by atomic mass is 10.0. The van der Waals surface area contributed by atoms with Crippen molar-refractivity contribution in [3.05, 3.63) is 63.1 Å². The Hall–Kier alpha value is -1.51. The molecule has 0 aliphatic heterocycles. The van der Waals surface area contributed by atoms with E-state index in [1.54, 1.807) is 30.3 Å².